The van der Waals surface area contributed by atoms with Gasteiger partial charge < -0.3 is 4.90 Å². The summed E-state index contributed by atoms with van der Waals surface area (Å²) in [6.45, 7) is 1.57. The number of hydrogen-bond donors (Lipinski definition) is 1. The third-order valence-corrected chi connectivity index (χ3v) is 5.74. The number of nitrogens with zero attached hydrogens (tertiary/aromatic N) is 2. The van der Waals surface area contributed by atoms with E-state index in [9.17, 15) is 22.8 Å². The predicted molar refractivity (Wildman–Crippen MR) is 106 cm³/mol. The van der Waals surface area contributed by atoms with Gasteiger partial charge in [-0.2, -0.15) is 0 Å². The molecule has 29 heavy (non-hydrogen) atoms. The van der Waals surface area contributed by atoms with E-state index >= 15 is 0 Å². The van der Waals surface area contributed by atoms with Crippen molar-refractivity contribution in [2.75, 3.05) is 11.4 Å². The van der Waals surface area contributed by atoms with Crippen LogP contribution in [0.25, 0.3) is 0 Å². The Labute approximate surface area is 169 Å². The minimum atomic E-state index is -3.78. The summed E-state index contributed by atoms with van der Waals surface area (Å²) in [5, 5.41) is 5.09. The monoisotopic (exact) mass is 415 g/mol. The highest BCUT2D eigenvalue weighted by Gasteiger charge is 2.43. The summed E-state index contributed by atoms with van der Waals surface area (Å²) in [6, 6.07) is 13.7. The molecule has 3 rings (SSSR count). The van der Waals surface area contributed by atoms with Crippen LogP contribution in [-0.2, 0) is 30.8 Å². The van der Waals surface area contributed by atoms with E-state index in [1.807, 2.05) is 0 Å². The zero-order valence-corrected chi connectivity index (χ0v) is 16.6. The SMILES string of the molecule is CC(=O)N(CCc1ccc(S(N)(=O)=O)cc1)[C@H]1CC(=O)N(c2ccccc2)C1=O. The Balaban J connectivity index is 1.74. The van der Waals surface area contributed by atoms with E-state index in [-0.39, 0.29) is 29.7 Å². The van der Waals surface area contributed by atoms with Crippen molar-refractivity contribution in [3.63, 3.8) is 0 Å². The minimum absolute atomic E-state index is 0.000237. The number of benzene rings is 2. The van der Waals surface area contributed by atoms with E-state index in [1.54, 1.807) is 42.5 Å². The second-order valence-electron chi connectivity index (χ2n) is 6.77. The van der Waals surface area contributed by atoms with Crippen LogP contribution in [0.15, 0.2) is 59.5 Å². The lowest BCUT2D eigenvalue weighted by molar-refractivity contribution is -0.136. The molecule has 0 unspecified atom stereocenters. The van der Waals surface area contributed by atoms with Gasteiger partial charge >= 0.3 is 0 Å². The molecule has 8 nitrogen and oxygen atoms in total. The van der Waals surface area contributed by atoms with Gasteiger partial charge in [0.05, 0.1) is 17.0 Å². The Hall–Kier alpha value is -3.04. The molecule has 9 heteroatoms. The zero-order chi connectivity index (χ0) is 21.2. The zero-order valence-electron chi connectivity index (χ0n) is 15.8. The highest BCUT2D eigenvalue weighted by molar-refractivity contribution is 7.89. The highest BCUT2D eigenvalue weighted by Crippen LogP contribution is 2.25. The number of hydrogen-bond acceptors (Lipinski definition) is 5. The van der Waals surface area contributed by atoms with Gasteiger partial charge in [-0.25, -0.2) is 18.5 Å². The van der Waals surface area contributed by atoms with Crippen LogP contribution in [0.2, 0.25) is 0 Å². The first-order chi connectivity index (χ1) is 13.7. The molecule has 1 heterocycles. The molecule has 0 radical (unpaired) electrons. The van der Waals surface area contributed by atoms with Crippen LogP contribution >= 0.6 is 0 Å². The van der Waals surface area contributed by atoms with E-state index < -0.39 is 22.0 Å². The molecule has 0 aromatic heterocycles. The number of para-hydroxylation sites is 1. The second-order valence-corrected chi connectivity index (χ2v) is 8.34. The molecule has 2 aromatic rings. The highest BCUT2D eigenvalue weighted by atomic mass is 32.2. The lowest BCUT2D eigenvalue weighted by Gasteiger charge is -2.26. The molecule has 1 aliphatic rings. The first-order valence-corrected chi connectivity index (χ1v) is 10.5. The fraction of sp³-hybridized carbons (Fsp3) is 0.250. The molecule has 0 saturated carbocycles. The van der Waals surface area contributed by atoms with Gasteiger partial charge in [-0.3, -0.25) is 14.4 Å². The van der Waals surface area contributed by atoms with Crippen molar-refractivity contribution >= 4 is 33.4 Å². The number of imide groups is 1. The van der Waals surface area contributed by atoms with Gasteiger partial charge in [0.15, 0.2) is 0 Å². The van der Waals surface area contributed by atoms with Gasteiger partial charge in [0.2, 0.25) is 21.8 Å². The number of anilines is 1. The molecule has 3 amide bonds. The van der Waals surface area contributed by atoms with Crippen LogP contribution < -0.4 is 10.0 Å². The van der Waals surface area contributed by atoms with Crippen molar-refractivity contribution in [3.05, 3.63) is 60.2 Å². The van der Waals surface area contributed by atoms with Gasteiger partial charge in [-0.1, -0.05) is 30.3 Å². The van der Waals surface area contributed by atoms with E-state index in [0.29, 0.717) is 12.1 Å². The van der Waals surface area contributed by atoms with Crippen molar-refractivity contribution in [2.45, 2.75) is 30.7 Å². The van der Waals surface area contributed by atoms with Crippen LogP contribution in [0.5, 0.6) is 0 Å². The lowest BCUT2D eigenvalue weighted by Crippen LogP contribution is -2.45. The van der Waals surface area contributed by atoms with Crippen LogP contribution in [0, 0.1) is 0 Å². The van der Waals surface area contributed by atoms with E-state index in [2.05, 4.69) is 0 Å². The molecule has 0 aliphatic carbocycles. The fourth-order valence-corrected chi connectivity index (χ4v) is 3.85. The quantitative estimate of drug-likeness (QED) is 0.708. The van der Waals surface area contributed by atoms with Gasteiger partial charge in [0.1, 0.15) is 6.04 Å². The van der Waals surface area contributed by atoms with E-state index in [4.69, 9.17) is 5.14 Å². The van der Waals surface area contributed by atoms with Gasteiger partial charge in [-0.15, -0.1) is 0 Å². The minimum Gasteiger partial charge on any atom is -0.330 e. The molecule has 1 saturated heterocycles. The first kappa shape index (κ1) is 20.7. The van der Waals surface area contributed by atoms with Gasteiger partial charge in [-0.05, 0) is 36.2 Å². The van der Waals surface area contributed by atoms with Crippen LogP contribution in [0.1, 0.15) is 18.9 Å². The number of primary sulfonamides is 1. The van der Waals surface area contributed by atoms with Crippen LogP contribution in [-0.4, -0.2) is 43.6 Å². The molecule has 152 valence electrons. The summed E-state index contributed by atoms with van der Waals surface area (Å²) >= 11 is 0. The molecule has 0 bridgehead atoms. The Morgan fingerprint density at radius 1 is 1.10 bits per heavy atom. The molecular weight excluding hydrogens is 394 g/mol. The Morgan fingerprint density at radius 3 is 2.28 bits per heavy atom. The second kappa shape index (κ2) is 8.14. The lowest BCUT2D eigenvalue weighted by atomic mass is 10.1. The normalized spacial score (nSPS) is 16.9. The molecule has 1 aliphatic heterocycles. The van der Waals surface area contributed by atoms with Crippen molar-refractivity contribution in [1.82, 2.24) is 4.90 Å². The maximum absolute atomic E-state index is 12.9. The van der Waals surface area contributed by atoms with Gasteiger partial charge in [0.25, 0.3) is 5.91 Å². The summed E-state index contributed by atoms with van der Waals surface area (Å²) in [4.78, 5) is 40.0. The first-order valence-electron chi connectivity index (χ1n) is 8.99. The average Bonchev–Trinajstić information content (AvgIpc) is 2.96. The van der Waals surface area contributed by atoms with Crippen molar-refractivity contribution in [2.24, 2.45) is 5.14 Å². The average molecular weight is 415 g/mol. The summed E-state index contributed by atoms with van der Waals surface area (Å²) < 4.78 is 22.7. The molecule has 2 aromatic carbocycles. The Bertz CT molecular complexity index is 1040. The summed E-state index contributed by atoms with van der Waals surface area (Å²) in [5.41, 5.74) is 1.26. The van der Waals surface area contributed by atoms with Crippen molar-refractivity contribution < 1.29 is 22.8 Å². The number of nitrogens with two attached hydrogens (primary N) is 1. The number of rotatable bonds is 6. The molecule has 0 spiro atoms. The molecule has 2 N–H and O–H groups in total. The van der Waals surface area contributed by atoms with Crippen molar-refractivity contribution in [1.29, 1.82) is 0 Å². The number of amides is 3. The number of carbonyl (C=O) groups is 3. The predicted octanol–water partition coefficient (Wildman–Crippen LogP) is 1.06. The summed E-state index contributed by atoms with van der Waals surface area (Å²) in [7, 11) is -3.78. The van der Waals surface area contributed by atoms with Crippen LogP contribution in [0.4, 0.5) is 5.69 Å². The topological polar surface area (TPSA) is 118 Å². The number of sulfonamides is 1. The summed E-state index contributed by atoms with van der Waals surface area (Å²) in [5.74, 6) is -1.09. The number of carbonyl (C=O) groups excluding carboxylic acids is 3. The van der Waals surface area contributed by atoms with E-state index in [0.717, 1.165) is 10.5 Å². The van der Waals surface area contributed by atoms with Crippen molar-refractivity contribution in [3.8, 4) is 0 Å². The van der Waals surface area contributed by atoms with E-state index in [1.165, 1.54) is 24.0 Å². The summed E-state index contributed by atoms with van der Waals surface area (Å²) in [6.07, 6.45) is 0.325. The Kier molecular flexibility index (Phi) is 5.81. The molecule has 1 fully saturated rings. The maximum atomic E-state index is 12.9. The third kappa shape index (κ3) is 4.52. The van der Waals surface area contributed by atoms with Crippen LogP contribution in [0.3, 0.4) is 0 Å². The fourth-order valence-electron chi connectivity index (χ4n) is 3.34. The smallest absolute Gasteiger partial charge is 0.257 e. The standard InChI is InChI=1S/C20H21N3O5S/c1-14(24)22(12-11-15-7-9-17(10-8-15)29(21,27)28)18-13-19(25)23(20(18)26)16-5-3-2-4-6-16/h2-10,18H,11-13H2,1H3,(H2,21,27,28)/t18-/m0/s1. The largest absolute Gasteiger partial charge is 0.330 e. The maximum Gasteiger partial charge on any atom is 0.257 e. The molecular formula is C20H21N3O5S. The molecule has 1 atom stereocenters. The Morgan fingerprint density at radius 2 is 1.72 bits per heavy atom. The third-order valence-electron chi connectivity index (χ3n) is 4.81. The van der Waals surface area contributed by atoms with Gasteiger partial charge in [0, 0.05) is 13.5 Å².